The van der Waals surface area contributed by atoms with Gasteiger partial charge in [-0.25, -0.2) is 0 Å². The summed E-state index contributed by atoms with van der Waals surface area (Å²) in [6.07, 6.45) is 0. The van der Waals surface area contributed by atoms with Gasteiger partial charge in [-0.05, 0) is 30.3 Å². The lowest BCUT2D eigenvalue weighted by molar-refractivity contribution is 0.292. The largest absolute Gasteiger partial charge is 0.489 e. The van der Waals surface area contributed by atoms with Gasteiger partial charge in [-0.15, -0.1) is 24.8 Å². The SMILES string of the molecule is Cl.Cl.OCCNCCNCc1cc(Br)ccc1OCc1ccc(Cl)cc1Cl. The lowest BCUT2D eigenvalue weighted by atomic mass is 10.2. The standard InChI is InChI=1S/C18H21BrCl2N2O2.2ClH/c19-15-2-4-18(14(9-15)11-23-6-5-22-7-8-24)25-12-13-1-3-16(20)10-17(13)21;;/h1-4,9-10,22-24H,5-8,11-12H2;2*1H. The van der Waals surface area contributed by atoms with Crippen LogP contribution < -0.4 is 15.4 Å². The van der Waals surface area contributed by atoms with Crippen molar-refractivity contribution in [3.8, 4) is 5.75 Å². The first-order valence-corrected chi connectivity index (χ1v) is 9.52. The average Bonchev–Trinajstić information content (AvgIpc) is 2.58. The second-order valence-corrected chi connectivity index (χ2v) is 7.19. The minimum Gasteiger partial charge on any atom is -0.489 e. The zero-order valence-electron chi connectivity index (χ0n) is 14.5. The second-order valence-electron chi connectivity index (χ2n) is 5.43. The van der Waals surface area contributed by atoms with Gasteiger partial charge >= 0.3 is 0 Å². The van der Waals surface area contributed by atoms with Crippen LogP contribution in [0.3, 0.4) is 0 Å². The van der Waals surface area contributed by atoms with E-state index in [4.69, 9.17) is 33.0 Å². The molecule has 2 rings (SSSR count). The Kier molecular flexibility index (Phi) is 14.6. The molecule has 0 aliphatic carbocycles. The second kappa shape index (κ2) is 14.7. The number of aliphatic hydroxyl groups excluding tert-OH is 1. The molecule has 0 amide bonds. The van der Waals surface area contributed by atoms with Crippen molar-refractivity contribution in [2.75, 3.05) is 26.2 Å². The fourth-order valence-electron chi connectivity index (χ4n) is 2.23. The first kappa shape index (κ1) is 26.8. The molecule has 0 unspecified atom stereocenters. The summed E-state index contributed by atoms with van der Waals surface area (Å²) in [5, 5.41) is 16.4. The summed E-state index contributed by atoms with van der Waals surface area (Å²) in [5.74, 6) is 0.810. The predicted molar refractivity (Wildman–Crippen MR) is 121 cm³/mol. The number of rotatable bonds is 10. The third-order valence-electron chi connectivity index (χ3n) is 3.50. The molecule has 0 radical (unpaired) electrons. The highest BCUT2D eigenvalue weighted by molar-refractivity contribution is 9.10. The minimum absolute atomic E-state index is 0. The first-order chi connectivity index (χ1) is 12.1. The van der Waals surface area contributed by atoms with Crippen molar-refractivity contribution >= 4 is 63.9 Å². The number of benzene rings is 2. The van der Waals surface area contributed by atoms with Crippen molar-refractivity contribution in [3.63, 3.8) is 0 Å². The zero-order chi connectivity index (χ0) is 18.1. The Labute approximate surface area is 190 Å². The van der Waals surface area contributed by atoms with Crippen LogP contribution in [0.2, 0.25) is 10.0 Å². The smallest absolute Gasteiger partial charge is 0.124 e. The van der Waals surface area contributed by atoms with Crippen molar-refractivity contribution < 1.29 is 9.84 Å². The van der Waals surface area contributed by atoms with Crippen LogP contribution in [-0.4, -0.2) is 31.3 Å². The Balaban J connectivity index is 0.00000338. The molecule has 0 aromatic heterocycles. The van der Waals surface area contributed by atoms with Crippen LogP contribution in [-0.2, 0) is 13.2 Å². The van der Waals surface area contributed by atoms with Crippen LogP contribution in [0.5, 0.6) is 5.75 Å². The van der Waals surface area contributed by atoms with Crippen molar-refractivity contribution in [3.05, 3.63) is 62.0 Å². The lowest BCUT2D eigenvalue weighted by Crippen LogP contribution is -2.28. The number of halogens is 5. The molecule has 0 saturated heterocycles. The number of nitrogens with one attached hydrogen (secondary N) is 2. The van der Waals surface area contributed by atoms with Crippen LogP contribution in [0, 0.1) is 0 Å². The summed E-state index contributed by atoms with van der Waals surface area (Å²) in [6, 6.07) is 11.3. The van der Waals surface area contributed by atoms with Gasteiger partial charge in [-0.1, -0.05) is 45.2 Å². The zero-order valence-corrected chi connectivity index (χ0v) is 19.2. The van der Waals surface area contributed by atoms with Crippen LogP contribution >= 0.6 is 63.9 Å². The predicted octanol–water partition coefficient (Wildman–Crippen LogP) is 4.85. The number of hydrogen-bond acceptors (Lipinski definition) is 4. The fourth-order valence-corrected chi connectivity index (χ4v) is 3.10. The number of hydrogen-bond donors (Lipinski definition) is 3. The van der Waals surface area contributed by atoms with Gasteiger partial charge in [0.2, 0.25) is 0 Å². The third-order valence-corrected chi connectivity index (χ3v) is 4.58. The number of aliphatic hydroxyl groups is 1. The lowest BCUT2D eigenvalue weighted by Gasteiger charge is -2.14. The van der Waals surface area contributed by atoms with Crippen molar-refractivity contribution in [1.29, 1.82) is 0 Å². The van der Waals surface area contributed by atoms with Gasteiger partial charge < -0.3 is 20.5 Å². The van der Waals surface area contributed by atoms with Crippen molar-refractivity contribution in [2.45, 2.75) is 13.2 Å². The van der Waals surface area contributed by atoms with Gasteiger partial charge in [0.05, 0.1) is 6.61 Å². The van der Waals surface area contributed by atoms with Crippen LogP contribution in [0.25, 0.3) is 0 Å². The molecule has 0 fully saturated rings. The van der Waals surface area contributed by atoms with Crippen LogP contribution in [0.4, 0.5) is 0 Å². The average molecular weight is 521 g/mol. The van der Waals surface area contributed by atoms with Gasteiger partial charge in [0.15, 0.2) is 0 Å². The van der Waals surface area contributed by atoms with E-state index >= 15 is 0 Å². The summed E-state index contributed by atoms with van der Waals surface area (Å²) in [5.41, 5.74) is 1.95. The summed E-state index contributed by atoms with van der Waals surface area (Å²) in [6.45, 7) is 3.42. The molecule has 2 aromatic rings. The highest BCUT2D eigenvalue weighted by atomic mass is 79.9. The topological polar surface area (TPSA) is 53.5 Å². The molecular formula is C18H23BrCl4N2O2. The molecule has 9 heteroatoms. The molecule has 0 spiro atoms. The third kappa shape index (κ3) is 9.68. The van der Waals surface area contributed by atoms with Gasteiger partial charge in [-0.3, -0.25) is 0 Å². The molecule has 152 valence electrons. The van der Waals surface area contributed by atoms with E-state index in [9.17, 15) is 0 Å². The maximum atomic E-state index is 8.73. The van der Waals surface area contributed by atoms with E-state index in [0.29, 0.717) is 29.7 Å². The number of ether oxygens (including phenoxy) is 1. The molecule has 0 atom stereocenters. The highest BCUT2D eigenvalue weighted by Gasteiger charge is 2.07. The Bertz CT molecular complexity index is 692. The van der Waals surface area contributed by atoms with E-state index in [2.05, 4.69) is 26.6 Å². The molecule has 27 heavy (non-hydrogen) atoms. The van der Waals surface area contributed by atoms with E-state index in [0.717, 1.165) is 34.4 Å². The van der Waals surface area contributed by atoms with Crippen LogP contribution in [0.1, 0.15) is 11.1 Å². The molecular weight excluding hydrogens is 498 g/mol. The van der Waals surface area contributed by atoms with E-state index < -0.39 is 0 Å². The molecule has 0 aliphatic heterocycles. The van der Waals surface area contributed by atoms with E-state index in [1.54, 1.807) is 12.1 Å². The maximum Gasteiger partial charge on any atom is 0.124 e. The van der Waals surface area contributed by atoms with Crippen molar-refractivity contribution in [1.82, 2.24) is 10.6 Å². The maximum absolute atomic E-state index is 8.73. The van der Waals surface area contributed by atoms with Gasteiger partial charge in [0, 0.05) is 51.8 Å². The van der Waals surface area contributed by atoms with E-state index in [1.165, 1.54) is 0 Å². The molecule has 4 nitrogen and oxygen atoms in total. The Morgan fingerprint density at radius 1 is 0.926 bits per heavy atom. The molecule has 0 heterocycles. The summed E-state index contributed by atoms with van der Waals surface area (Å²) in [7, 11) is 0. The molecule has 0 saturated carbocycles. The summed E-state index contributed by atoms with van der Waals surface area (Å²) >= 11 is 15.6. The molecule has 0 aliphatic rings. The van der Waals surface area contributed by atoms with Gasteiger partial charge in [-0.2, -0.15) is 0 Å². The Morgan fingerprint density at radius 3 is 2.37 bits per heavy atom. The quantitative estimate of drug-likeness (QED) is 0.392. The summed E-state index contributed by atoms with van der Waals surface area (Å²) in [4.78, 5) is 0. The Hall–Kier alpha value is -0.240. The fraction of sp³-hybridized carbons (Fsp3) is 0.333. The Morgan fingerprint density at radius 2 is 1.67 bits per heavy atom. The highest BCUT2D eigenvalue weighted by Crippen LogP contribution is 2.26. The molecule has 2 aromatic carbocycles. The van der Waals surface area contributed by atoms with E-state index in [-0.39, 0.29) is 31.4 Å². The first-order valence-electron chi connectivity index (χ1n) is 7.97. The van der Waals surface area contributed by atoms with Gasteiger partial charge in [0.1, 0.15) is 12.4 Å². The normalized spacial score (nSPS) is 10.1. The van der Waals surface area contributed by atoms with Crippen LogP contribution in [0.15, 0.2) is 40.9 Å². The molecule has 0 bridgehead atoms. The molecule has 3 N–H and O–H groups in total. The van der Waals surface area contributed by atoms with Gasteiger partial charge in [0.25, 0.3) is 0 Å². The minimum atomic E-state index is 0. The van der Waals surface area contributed by atoms with E-state index in [1.807, 2.05) is 24.3 Å². The monoisotopic (exact) mass is 518 g/mol. The summed E-state index contributed by atoms with van der Waals surface area (Å²) < 4.78 is 6.96. The van der Waals surface area contributed by atoms with Crippen molar-refractivity contribution in [2.24, 2.45) is 0 Å².